The molecule has 0 spiro atoms. The van der Waals surface area contributed by atoms with Crippen LogP contribution in [0, 0.1) is 5.92 Å². The summed E-state index contributed by atoms with van der Waals surface area (Å²) in [5.41, 5.74) is 13.3. The van der Waals surface area contributed by atoms with Gasteiger partial charge in [0.1, 0.15) is 0 Å². The summed E-state index contributed by atoms with van der Waals surface area (Å²) in [6.07, 6.45) is 12.9. The van der Waals surface area contributed by atoms with E-state index in [4.69, 9.17) is 11.5 Å². The van der Waals surface area contributed by atoms with Gasteiger partial charge in [-0.2, -0.15) is 0 Å². The number of hydrogen-bond donors (Lipinski definition) is 2. The predicted octanol–water partition coefficient (Wildman–Crippen LogP) is 2.55. The molecule has 0 amide bonds. The first-order valence-electron chi connectivity index (χ1n) is 9.22. The van der Waals surface area contributed by atoms with Gasteiger partial charge >= 0.3 is 0 Å². The van der Waals surface area contributed by atoms with Crippen LogP contribution in [-0.4, -0.2) is 29.1 Å². The van der Waals surface area contributed by atoms with E-state index in [2.05, 4.69) is 21.8 Å². The molecule has 1 aromatic rings. The summed E-state index contributed by atoms with van der Waals surface area (Å²) < 4.78 is 0. The van der Waals surface area contributed by atoms with Crippen molar-refractivity contribution < 1.29 is 0 Å². The highest BCUT2D eigenvalue weighted by Gasteiger charge is 2.33. The third kappa shape index (κ3) is 3.83. The molecule has 1 saturated carbocycles. The second-order valence-corrected chi connectivity index (χ2v) is 7.48. The molecule has 1 aliphatic heterocycles. The lowest BCUT2D eigenvalue weighted by Gasteiger charge is -2.36. The molecule has 1 aliphatic carbocycles. The van der Waals surface area contributed by atoms with Gasteiger partial charge in [-0.3, -0.25) is 0 Å². The third-order valence-corrected chi connectivity index (χ3v) is 5.73. The molecule has 0 atom stereocenters. The second-order valence-electron chi connectivity index (χ2n) is 7.48. The van der Waals surface area contributed by atoms with Crippen LogP contribution in [0.25, 0.3) is 0 Å². The summed E-state index contributed by atoms with van der Waals surface area (Å²) in [6, 6.07) is 0.302. The maximum atomic E-state index is 6.57. The molecule has 1 aromatic heterocycles. The monoisotopic (exact) mass is 317 g/mol. The molecule has 5 heteroatoms. The van der Waals surface area contributed by atoms with E-state index in [9.17, 15) is 0 Å². The fourth-order valence-corrected chi connectivity index (χ4v) is 4.02. The molecule has 2 aliphatic rings. The Morgan fingerprint density at radius 2 is 1.74 bits per heavy atom. The minimum absolute atomic E-state index is 0.289. The third-order valence-electron chi connectivity index (χ3n) is 5.73. The maximum Gasteiger partial charge on any atom is 0.225 e. The van der Waals surface area contributed by atoms with Crippen molar-refractivity contribution in [3.63, 3.8) is 0 Å². The van der Waals surface area contributed by atoms with E-state index >= 15 is 0 Å². The molecule has 128 valence electrons. The minimum Gasteiger partial charge on any atom is -0.341 e. The molecule has 0 bridgehead atoms. The molecule has 4 N–H and O–H groups in total. The van der Waals surface area contributed by atoms with Crippen molar-refractivity contribution in [2.45, 2.75) is 69.9 Å². The first kappa shape index (κ1) is 16.7. The lowest BCUT2D eigenvalue weighted by Crippen LogP contribution is -2.44. The summed E-state index contributed by atoms with van der Waals surface area (Å²) in [5.74, 6) is 1.74. The molecule has 3 rings (SSSR count). The van der Waals surface area contributed by atoms with Crippen LogP contribution < -0.4 is 16.4 Å². The van der Waals surface area contributed by atoms with Crippen LogP contribution in [0.2, 0.25) is 0 Å². The highest BCUT2D eigenvalue weighted by Crippen LogP contribution is 2.34. The second kappa shape index (κ2) is 7.14. The molecule has 5 nitrogen and oxygen atoms in total. The van der Waals surface area contributed by atoms with Crippen molar-refractivity contribution in [3.05, 3.63) is 18.0 Å². The van der Waals surface area contributed by atoms with Crippen LogP contribution in [0.5, 0.6) is 0 Å². The van der Waals surface area contributed by atoms with Gasteiger partial charge in [0.2, 0.25) is 5.95 Å². The van der Waals surface area contributed by atoms with Crippen molar-refractivity contribution in [3.8, 4) is 0 Å². The Bertz CT molecular complexity index is 485. The van der Waals surface area contributed by atoms with Gasteiger partial charge in [-0.1, -0.05) is 19.8 Å². The van der Waals surface area contributed by atoms with Crippen LogP contribution in [0.4, 0.5) is 5.95 Å². The standard InChI is InChI=1S/C18H31N5/c1-2-3-14-6-10-23(11-7-14)17-21-12-15(13-22-17)18(20)8-4-16(19)5-9-18/h12-14,16H,2-11,19-20H2,1H3. The Hall–Kier alpha value is -1.20. The molecule has 0 radical (unpaired) electrons. The molecule has 2 heterocycles. The highest BCUT2D eigenvalue weighted by atomic mass is 15.2. The van der Waals surface area contributed by atoms with Crippen molar-refractivity contribution in [2.75, 3.05) is 18.0 Å². The predicted molar refractivity (Wildman–Crippen MR) is 94.2 cm³/mol. The van der Waals surface area contributed by atoms with Crippen LogP contribution in [0.3, 0.4) is 0 Å². The summed E-state index contributed by atoms with van der Waals surface area (Å²) in [6.45, 7) is 4.42. The van der Waals surface area contributed by atoms with E-state index in [1.165, 1.54) is 25.7 Å². The zero-order valence-electron chi connectivity index (χ0n) is 14.4. The zero-order valence-corrected chi connectivity index (χ0v) is 14.4. The van der Waals surface area contributed by atoms with Crippen molar-refractivity contribution >= 4 is 5.95 Å². The van der Waals surface area contributed by atoms with Gasteiger partial charge in [0.05, 0.1) is 0 Å². The van der Waals surface area contributed by atoms with E-state index in [1.807, 2.05) is 12.4 Å². The van der Waals surface area contributed by atoms with Gasteiger partial charge in [0.15, 0.2) is 0 Å². The van der Waals surface area contributed by atoms with Crippen molar-refractivity contribution in [2.24, 2.45) is 17.4 Å². The van der Waals surface area contributed by atoms with E-state index in [0.29, 0.717) is 6.04 Å². The van der Waals surface area contributed by atoms with E-state index < -0.39 is 0 Å². The smallest absolute Gasteiger partial charge is 0.225 e. The summed E-state index contributed by atoms with van der Waals surface area (Å²) in [7, 11) is 0. The molecule has 23 heavy (non-hydrogen) atoms. The number of rotatable bonds is 4. The average molecular weight is 317 g/mol. The Balaban J connectivity index is 1.61. The average Bonchev–Trinajstić information content (AvgIpc) is 2.59. The lowest BCUT2D eigenvalue weighted by molar-refractivity contribution is 0.276. The number of hydrogen-bond acceptors (Lipinski definition) is 5. The SMILES string of the molecule is CCCC1CCN(c2ncc(C3(N)CCC(N)CC3)cn2)CC1. The zero-order chi connectivity index (χ0) is 16.3. The molecule has 2 fully saturated rings. The number of piperidine rings is 1. The van der Waals surface area contributed by atoms with Gasteiger partial charge in [0.25, 0.3) is 0 Å². The number of anilines is 1. The lowest BCUT2D eigenvalue weighted by atomic mass is 9.77. The highest BCUT2D eigenvalue weighted by molar-refractivity contribution is 5.32. The van der Waals surface area contributed by atoms with Crippen LogP contribution in [0.1, 0.15) is 63.9 Å². The first-order chi connectivity index (χ1) is 11.1. The van der Waals surface area contributed by atoms with Crippen LogP contribution in [-0.2, 0) is 5.54 Å². The van der Waals surface area contributed by atoms with Crippen molar-refractivity contribution in [1.29, 1.82) is 0 Å². The van der Waals surface area contributed by atoms with Gasteiger partial charge in [-0.15, -0.1) is 0 Å². The Morgan fingerprint density at radius 3 is 2.30 bits per heavy atom. The minimum atomic E-state index is -0.289. The molecule has 1 saturated heterocycles. The summed E-state index contributed by atoms with van der Waals surface area (Å²) >= 11 is 0. The largest absolute Gasteiger partial charge is 0.341 e. The van der Waals surface area contributed by atoms with Gasteiger partial charge in [-0.05, 0) is 44.4 Å². The van der Waals surface area contributed by atoms with E-state index in [0.717, 1.165) is 56.2 Å². The fraction of sp³-hybridized carbons (Fsp3) is 0.778. The normalized spacial score (nSPS) is 29.7. The molecule has 0 unspecified atom stereocenters. The summed E-state index contributed by atoms with van der Waals surface area (Å²) in [5, 5.41) is 0. The summed E-state index contributed by atoms with van der Waals surface area (Å²) in [4.78, 5) is 11.5. The number of aromatic nitrogens is 2. The molecule has 0 aromatic carbocycles. The number of nitrogens with two attached hydrogens (primary N) is 2. The Kier molecular flexibility index (Phi) is 5.17. The quantitative estimate of drug-likeness (QED) is 0.892. The van der Waals surface area contributed by atoms with Gasteiger partial charge in [-0.25, -0.2) is 9.97 Å². The number of nitrogens with zero attached hydrogens (tertiary/aromatic N) is 3. The fourth-order valence-electron chi connectivity index (χ4n) is 4.02. The van der Waals surface area contributed by atoms with Crippen LogP contribution in [0.15, 0.2) is 12.4 Å². The van der Waals surface area contributed by atoms with E-state index in [1.54, 1.807) is 0 Å². The van der Waals surface area contributed by atoms with E-state index in [-0.39, 0.29) is 5.54 Å². The molecular formula is C18H31N5. The van der Waals surface area contributed by atoms with Crippen LogP contribution >= 0.6 is 0 Å². The maximum absolute atomic E-state index is 6.57. The topological polar surface area (TPSA) is 81.1 Å². The van der Waals surface area contributed by atoms with Gasteiger partial charge in [0, 0.05) is 42.6 Å². The van der Waals surface area contributed by atoms with Gasteiger partial charge < -0.3 is 16.4 Å². The van der Waals surface area contributed by atoms with Crippen molar-refractivity contribution in [1.82, 2.24) is 9.97 Å². The molecular weight excluding hydrogens is 286 g/mol. The first-order valence-corrected chi connectivity index (χ1v) is 9.22. The Morgan fingerprint density at radius 1 is 1.13 bits per heavy atom. The Labute approximate surface area is 139 Å².